The van der Waals surface area contributed by atoms with Crippen LogP contribution in [-0.4, -0.2) is 22.6 Å². The number of nitrogens with zero attached hydrogens (tertiary/aromatic N) is 2. The highest BCUT2D eigenvalue weighted by atomic mass is 35.5. The summed E-state index contributed by atoms with van der Waals surface area (Å²) < 4.78 is 0. The Bertz CT molecular complexity index is 484. The van der Waals surface area contributed by atoms with E-state index in [2.05, 4.69) is 69.4 Å². The van der Waals surface area contributed by atoms with Crippen molar-refractivity contribution in [3.05, 3.63) is 35.5 Å². The van der Waals surface area contributed by atoms with Gasteiger partial charge in [-0.05, 0) is 53.2 Å². The van der Waals surface area contributed by atoms with Gasteiger partial charge in [0, 0.05) is 30.4 Å². The van der Waals surface area contributed by atoms with Crippen molar-refractivity contribution in [2.75, 3.05) is 11.4 Å². The van der Waals surface area contributed by atoms with Crippen LogP contribution in [0.25, 0.3) is 0 Å². The molecule has 1 heterocycles. The van der Waals surface area contributed by atoms with Crippen molar-refractivity contribution in [1.82, 2.24) is 10.3 Å². The van der Waals surface area contributed by atoms with Gasteiger partial charge in [0.05, 0.1) is 5.02 Å². The number of nitrogens with one attached hydrogen (secondary N) is 1. The second-order valence-corrected chi connectivity index (χ2v) is 7.71. The molecule has 3 nitrogen and oxygen atoms in total. The number of halogens is 1. The fraction of sp³-hybridized carbons (Fsp3) is 0.588. The average Bonchev–Trinajstić information content (AvgIpc) is 2.33. The van der Waals surface area contributed by atoms with Gasteiger partial charge in [-0.2, -0.15) is 0 Å². The largest absolute Gasteiger partial charge is 0.348 e. The molecule has 0 saturated carbocycles. The lowest BCUT2D eigenvalue weighted by atomic mass is 10.1. The van der Waals surface area contributed by atoms with Crippen molar-refractivity contribution in [3.63, 3.8) is 0 Å². The number of anilines is 1. The molecule has 0 aliphatic rings. The third-order valence-electron chi connectivity index (χ3n) is 3.13. The molecule has 118 valence electrons. The van der Waals surface area contributed by atoms with Crippen molar-refractivity contribution in [2.45, 2.75) is 59.2 Å². The Hall–Kier alpha value is -1.06. The van der Waals surface area contributed by atoms with Crippen LogP contribution in [0.3, 0.4) is 0 Å². The average molecular weight is 310 g/mol. The molecular weight excluding hydrogens is 282 g/mol. The highest BCUT2D eigenvalue weighted by Crippen LogP contribution is 2.26. The minimum absolute atomic E-state index is 0.0241. The Morgan fingerprint density at radius 2 is 1.90 bits per heavy atom. The summed E-state index contributed by atoms with van der Waals surface area (Å²) in [6.45, 7) is 18.2. The summed E-state index contributed by atoms with van der Waals surface area (Å²) in [5.41, 5.74) is 1.09. The fourth-order valence-corrected chi connectivity index (χ4v) is 2.12. The van der Waals surface area contributed by atoms with Gasteiger partial charge in [0.15, 0.2) is 0 Å². The number of hydrogen-bond acceptors (Lipinski definition) is 3. The summed E-state index contributed by atoms with van der Waals surface area (Å²) in [6.07, 6.45) is 3.63. The molecule has 0 saturated heterocycles. The van der Waals surface area contributed by atoms with E-state index in [0.29, 0.717) is 5.02 Å². The Morgan fingerprint density at radius 1 is 1.29 bits per heavy atom. The summed E-state index contributed by atoms with van der Waals surface area (Å²) in [7, 11) is 0. The zero-order valence-electron chi connectivity index (χ0n) is 14.1. The smallest absolute Gasteiger partial charge is 0.129 e. The molecular formula is C17H28ClN3. The first-order valence-corrected chi connectivity index (χ1v) is 7.70. The van der Waals surface area contributed by atoms with E-state index >= 15 is 0 Å². The molecule has 0 bridgehead atoms. The predicted molar refractivity (Wildman–Crippen MR) is 93.1 cm³/mol. The minimum Gasteiger partial charge on any atom is -0.348 e. The monoisotopic (exact) mass is 309 g/mol. The third-order valence-corrected chi connectivity index (χ3v) is 3.47. The molecule has 0 amide bonds. The Morgan fingerprint density at radius 3 is 2.38 bits per heavy atom. The van der Waals surface area contributed by atoms with Gasteiger partial charge in [0.25, 0.3) is 0 Å². The zero-order chi connectivity index (χ0) is 16.3. The van der Waals surface area contributed by atoms with E-state index in [1.165, 1.54) is 0 Å². The molecule has 0 fully saturated rings. The van der Waals surface area contributed by atoms with Crippen LogP contribution < -0.4 is 10.2 Å². The Kier molecular flexibility index (Phi) is 5.83. The number of aromatic nitrogens is 1. The number of pyridine rings is 1. The molecule has 0 aromatic carbocycles. The van der Waals surface area contributed by atoms with Gasteiger partial charge < -0.3 is 10.2 Å². The van der Waals surface area contributed by atoms with Crippen LogP contribution >= 0.6 is 11.6 Å². The SMILES string of the molecule is C=CCN(c1cc(CNC(C)(C)C)c(Cl)cn1)C(C)(C)C. The highest BCUT2D eigenvalue weighted by molar-refractivity contribution is 6.31. The minimum atomic E-state index is -0.0241. The van der Waals surface area contributed by atoms with Crippen LogP contribution in [0.15, 0.2) is 24.9 Å². The van der Waals surface area contributed by atoms with Gasteiger partial charge >= 0.3 is 0 Å². The van der Waals surface area contributed by atoms with Crippen molar-refractivity contribution in [3.8, 4) is 0 Å². The van der Waals surface area contributed by atoms with Crippen LogP contribution in [-0.2, 0) is 6.54 Å². The lowest BCUT2D eigenvalue weighted by Gasteiger charge is -2.36. The number of rotatable bonds is 5. The van der Waals surface area contributed by atoms with E-state index in [0.717, 1.165) is 24.5 Å². The Labute approximate surface area is 134 Å². The Balaban J connectivity index is 3.06. The van der Waals surface area contributed by atoms with Crippen molar-refractivity contribution >= 4 is 17.4 Å². The van der Waals surface area contributed by atoms with Crippen LogP contribution in [0, 0.1) is 0 Å². The molecule has 1 aromatic heterocycles. The van der Waals surface area contributed by atoms with Crippen molar-refractivity contribution in [1.29, 1.82) is 0 Å². The molecule has 21 heavy (non-hydrogen) atoms. The second-order valence-electron chi connectivity index (χ2n) is 7.31. The topological polar surface area (TPSA) is 28.2 Å². The predicted octanol–water partition coefficient (Wildman–Crippen LogP) is 4.41. The second kappa shape index (κ2) is 6.80. The molecule has 0 radical (unpaired) electrons. The summed E-state index contributed by atoms with van der Waals surface area (Å²) in [5.74, 6) is 0.928. The van der Waals surface area contributed by atoms with E-state index in [4.69, 9.17) is 11.6 Å². The maximum atomic E-state index is 6.28. The molecule has 0 spiro atoms. The van der Waals surface area contributed by atoms with Crippen LogP contribution in [0.1, 0.15) is 47.1 Å². The van der Waals surface area contributed by atoms with Gasteiger partial charge in [0.2, 0.25) is 0 Å². The standard InChI is InChI=1S/C17H28ClN3/c1-8-9-21(17(5,6)7)15-10-13(14(18)12-19-15)11-20-16(2,3)4/h8,10,12,20H,1,9,11H2,2-7H3. The summed E-state index contributed by atoms with van der Waals surface area (Å²) in [6, 6.07) is 2.07. The van der Waals surface area contributed by atoms with Gasteiger partial charge in [-0.1, -0.05) is 17.7 Å². The number of hydrogen-bond donors (Lipinski definition) is 1. The first-order valence-electron chi connectivity index (χ1n) is 7.32. The summed E-state index contributed by atoms with van der Waals surface area (Å²) >= 11 is 6.28. The van der Waals surface area contributed by atoms with E-state index in [1.54, 1.807) is 6.20 Å². The molecule has 0 atom stereocenters. The zero-order valence-corrected chi connectivity index (χ0v) is 14.9. The van der Waals surface area contributed by atoms with Crippen LogP contribution in [0.5, 0.6) is 0 Å². The third kappa shape index (κ3) is 5.68. The van der Waals surface area contributed by atoms with E-state index in [1.807, 2.05) is 6.08 Å². The van der Waals surface area contributed by atoms with E-state index in [-0.39, 0.29) is 11.1 Å². The lowest BCUT2D eigenvalue weighted by Crippen LogP contribution is -2.42. The molecule has 1 rings (SSSR count). The van der Waals surface area contributed by atoms with Crippen molar-refractivity contribution in [2.24, 2.45) is 0 Å². The molecule has 1 N–H and O–H groups in total. The molecule has 0 aliphatic heterocycles. The lowest BCUT2D eigenvalue weighted by molar-refractivity contribution is 0.424. The van der Waals surface area contributed by atoms with Crippen LogP contribution in [0.2, 0.25) is 5.02 Å². The first kappa shape index (κ1) is 18.0. The summed E-state index contributed by atoms with van der Waals surface area (Å²) in [4.78, 5) is 6.71. The summed E-state index contributed by atoms with van der Waals surface area (Å²) in [5, 5.41) is 4.16. The molecule has 4 heteroatoms. The molecule has 0 aliphatic carbocycles. The van der Waals surface area contributed by atoms with Gasteiger partial charge in [0.1, 0.15) is 5.82 Å². The maximum Gasteiger partial charge on any atom is 0.129 e. The van der Waals surface area contributed by atoms with E-state index in [9.17, 15) is 0 Å². The first-order chi connectivity index (χ1) is 9.54. The van der Waals surface area contributed by atoms with Crippen molar-refractivity contribution < 1.29 is 0 Å². The molecule has 0 unspecified atom stereocenters. The normalized spacial score (nSPS) is 12.3. The fourth-order valence-electron chi connectivity index (χ4n) is 1.95. The quantitative estimate of drug-likeness (QED) is 0.816. The molecule has 1 aromatic rings. The maximum absolute atomic E-state index is 6.28. The van der Waals surface area contributed by atoms with Gasteiger partial charge in [-0.3, -0.25) is 0 Å². The highest BCUT2D eigenvalue weighted by Gasteiger charge is 2.22. The van der Waals surface area contributed by atoms with Gasteiger partial charge in [-0.15, -0.1) is 6.58 Å². The van der Waals surface area contributed by atoms with Gasteiger partial charge in [-0.25, -0.2) is 4.98 Å². The van der Waals surface area contributed by atoms with Crippen LogP contribution in [0.4, 0.5) is 5.82 Å². The van der Waals surface area contributed by atoms with E-state index < -0.39 is 0 Å².